The molecular formula is C13H16BrNO2. The number of benzene rings is 1. The molecule has 0 saturated carbocycles. The van der Waals surface area contributed by atoms with E-state index in [1.165, 1.54) is 0 Å². The van der Waals surface area contributed by atoms with Crippen LogP contribution in [0.5, 0.6) is 0 Å². The molecule has 0 spiro atoms. The van der Waals surface area contributed by atoms with Gasteiger partial charge in [0.25, 0.3) is 5.91 Å². The minimum Gasteiger partial charge on any atom is -0.379 e. The van der Waals surface area contributed by atoms with Crippen molar-refractivity contribution in [1.82, 2.24) is 4.90 Å². The third kappa shape index (κ3) is 2.69. The van der Waals surface area contributed by atoms with E-state index in [9.17, 15) is 4.79 Å². The van der Waals surface area contributed by atoms with Crippen LogP contribution in [0.2, 0.25) is 0 Å². The maximum Gasteiger partial charge on any atom is 0.255 e. The Morgan fingerprint density at radius 3 is 2.94 bits per heavy atom. The smallest absolute Gasteiger partial charge is 0.255 e. The number of hydrogen-bond donors (Lipinski definition) is 0. The number of carbonyl (C=O) groups excluding carboxylic acids is 1. The van der Waals surface area contributed by atoms with Gasteiger partial charge >= 0.3 is 0 Å². The summed E-state index contributed by atoms with van der Waals surface area (Å²) in [4.78, 5) is 14.1. The van der Waals surface area contributed by atoms with Gasteiger partial charge in [-0.2, -0.15) is 0 Å². The number of ether oxygens (including phenoxy) is 1. The van der Waals surface area contributed by atoms with Crippen molar-refractivity contribution in [2.24, 2.45) is 0 Å². The second-order valence-electron chi connectivity index (χ2n) is 4.42. The van der Waals surface area contributed by atoms with Gasteiger partial charge < -0.3 is 9.64 Å². The van der Waals surface area contributed by atoms with E-state index in [0.717, 1.165) is 28.6 Å². The summed E-state index contributed by atoms with van der Waals surface area (Å²) in [5, 5.41) is 0. The van der Waals surface area contributed by atoms with Crippen LogP contribution in [0.4, 0.5) is 0 Å². The molecule has 1 aliphatic rings. The minimum atomic E-state index is 0.0519. The third-order valence-corrected chi connectivity index (χ3v) is 3.82. The van der Waals surface area contributed by atoms with Crippen LogP contribution in [0.1, 0.15) is 22.3 Å². The second kappa shape index (κ2) is 5.19. The molecule has 1 atom stereocenters. The third-order valence-electron chi connectivity index (χ3n) is 3.13. The number of rotatable bonds is 2. The fraction of sp³-hybridized carbons (Fsp3) is 0.462. The lowest BCUT2D eigenvalue weighted by molar-refractivity contribution is 0.0710. The van der Waals surface area contributed by atoms with Crippen molar-refractivity contribution in [3.05, 3.63) is 33.8 Å². The molecule has 0 aromatic heterocycles. The number of amides is 1. The molecule has 2 rings (SSSR count). The zero-order valence-corrected chi connectivity index (χ0v) is 11.7. The predicted molar refractivity (Wildman–Crippen MR) is 70.2 cm³/mol. The van der Waals surface area contributed by atoms with E-state index >= 15 is 0 Å². The molecule has 1 aromatic carbocycles. The number of likely N-dealkylation sites (N-methyl/N-ethyl adjacent to an activating group) is 1. The number of carbonyl (C=O) groups is 1. The Kier molecular flexibility index (Phi) is 3.84. The van der Waals surface area contributed by atoms with Crippen LogP contribution >= 0.6 is 15.9 Å². The highest BCUT2D eigenvalue weighted by Gasteiger charge is 2.25. The number of halogens is 1. The number of aryl methyl sites for hydroxylation is 1. The van der Waals surface area contributed by atoms with E-state index in [1.54, 1.807) is 4.90 Å². The Labute approximate surface area is 110 Å². The largest absolute Gasteiger partial charge is 0.379 e. The van der Waals surface area contributed by atoms with Crippen LogP contribution < -0.4 is 0 Å². The van der Waals surface area contributed by atoms with Crippen LogP contribution in [-0.4, -0.2) is 37.1 Å². The van der Waals surface area contributed by atoms with E-state index in [4.69, 9.17) is 4.74 Å². The first-order valence-electron chi connectivity index (χ1n) is 5.70. The van der Waals surface area contributed by atoms with Crippen molar-refractivity contribution in [1.29, 1.82) is 0 Å². The van der Waals surface area contributed by atoms with Crippen molar-refractivity contribution in [3.8, 4) is 0 Å². The van der Waals surface area contributed by atoms with Crippen LogP contribution in [0.15, 0.2) is 22.7 Å². The highest BCUT2D eigenvalue weighted by Crippen LogP contribution is 2.21. The van der Waals surface area contributed by atoms with Gasteiger partial charge in [-0.15, -0.1) is 0 Å². The van der Waals surface area contributed by atoms with E-state index in [-0.39, 0.29) is 11.9 Å². The summed E-state index contributed by atoms with van der Waals surface area (Å²) >= 11 is 3.43. The standard InChI is InChI=1S/C13H16BrNO2/c1-9-3-4-12(14)11(7-9)13(16)15(2)10-5-6-17-8-10/h3-4,7,10H,5-6,8H2,1-2H3. The van der Waals surface area contributed by atoms with Gasteiger partial charge in [0.05, 0.1) is 18.2 Å². The van der Waals surface area contributed by atoms with Gasteiger partial charge in [0.15, 0.2) is 0 Å². The zero-order chi connectivity index (χ0) is 12.4. The average molecular weight is 298 g/mol. The lowest BCUT2D eigenvalue weighted by Crippen LogP contribution is -2.37. The highest BCUT2D eigenvalue weighted by atomic mass is 79.9. The van der Waals surface area contributed by atoms with Gasteiger partial charge in [0, 0.05) is 18.1 Å². The Morgan fingerprint density at radius 1 is 1.53 bits per heavy atom. The highest BCUT2D eigenvalue weighted by molar-refractivity contribution is 9.10. The summed E-state index contributed by atoms with van der Waals surface area (Å²) < 4.78 is 6.16. The van der Waals surface area contributed by atoms with Crippen molar-refractivity contribution in [2.45, 2.75) is 19.4 Å². The SMILES string of the molecule is Cc1ccc(Br)c(C(=O)N(C)C2CCOC2)c1. The summed E-state index contributed by atoms with van der Waals surface area (Å²) in [6.07, 6.45) is 0.922. The molecule has 1 heterocycles. The molecule has 92 valence electrons. The van der Waals surface area contributed by atoms with Crippen LogP contribution in [-0.2, 0) is 4.74 Å². The van der Waals surface area contributed by atoms with E-state index in [1.807, 2.05) is 32.2 Å². The first-order chi connectivity index (χ1) is 8.09. The lowest BCUT2D eigenvalue weighted by atomic mass is 10.1. The maximum atomic E-state index is 12.3. The molecule has 1 aliphatic heterocycles. The molecule has 1 amide bonds. The fourth-order valence-electron chi connectivity index (χ4n) is 1.99. The number of nitrogens with zero attached hydrogens (tertiary/aromatic N) is 1. The monoisotopic (exact) mass is 297 g/mol. The molecule has 1 saturated heterocycles. The Balaban J connectivity index is 2.20. The molecule has 4 heteroatoms. The van der Waals surface area contributed by atoms with Gasteiger partial charge in [0.1, 0.15) is 0 Å². The van der Waals surface area contributed by atoms with Crippen molar-refractivity contribution in [3.63, 3.8) is 0 Å². The second-order valence-corrected chi connectivity index (χ2v) is 5.27. The van der Waals surface area contributed by atoms with E-state index < -0.39 is 0 Å². The van der Waals surface area contributed by atoms with Gasteiger partial charge in [-0.05, 0) is 41.4 Å². The summed E-state index contributed by atoms with van der Waals surface area (Å²) in [5.74, 6) is 0.0519. The zero-order valence-electron chi connectivity index (χ0n) is 10.1. The first kappa shape index (κ1) is 12.6. The molecule has 3 nitrogen and oxygen atoms in total. The molecule has 0 N–H and O–H groups in total. The summed E-state index contributed by atoms with van der Waals surface area (Å²) in [7, 11) is 1.84. The van der Waals surface area contributed by atoms with Gasteiger partial charge in [-0.25, -0.2) is 0 Å². The summed E-state index contributed by atoms with van der Waals surface area (Å²) in [5.41, 5.74) is 1.81. The molecule has 1 unspecified atom stereocenters. The Hall–Kier alpha value is -0.870. The first-order valence-corrected chi connectivity index (χ1v) is 6.50. The van der Waals surface area contributed by atoms with E-state index in [0.29, 0.717) is 6.61 Å². The van der Waals surface area contributed by atoms with Crippen LogP contribution in [0.3, 0.4) is 0 Å². The molecular weight excluding hydrogens is 282 g/mol. The predicted octanol–water partition coefficient (Wildman–Crippen LogP) is 2.62. The average Bonchev–Trinajstić information content (AvgIpc) is 2.84. The van der Waals surface area contributed by atoms with Crippen LogP contribution in [0.25, 0.3) is 0 Å². The Morgan fingerprint density at radius 2 is 2.29 bits per heavy atom. The summed E-state index contributed by atoms with van der Waals surface area (Å²) in [6, 6.07) is 6.02. The summed E-state index contributed by atoms with van der Waals surface area (Å²) in [6.45, 7) is 3.38. The molecule has 0 aliphatic carbocycles. The van der Waals surface area contributed by atoms with Gasteiger partial charge in [-0.1, -0.05) is 11.6 Å². The van der Waals surface area contributed by atoms with Crippen molar-refractivity contribution >= 4 is 21.8 Å². The van der Waals surface area contributed by atoms with E-state index in [2.05, 4.69) is 15.9 Å². The molecule has 1 aromatic rings. The maximum absolute atomic E-state index is 12.3. The lowest BCUT2D eigenvalue weighted by Gasteiger charge is -2.23. The molecule has 17 heavy (non-hydrogen) atoms. The molecule has 0 bridgehead atoms. The van der Waals surface area contributed by atoms with Gasteiger partial charge in [0.2, 0.25) is 0 Å². The number of hydrogen-bond acceptors (Lipinski definition) is 2. The van der Waals surface area contributed by atoms with Gasteiger partial charge in [-0.3, -0.25) is 4.79 Å². The van der Waals surface area contributed by atoms with Crippen LogP contribution in [0, 0.1) is 6.92 Å². The molecule has 1 fully saturated rings. The normalized spacial score (nSPS) is 19.4. The quantitative estimate of drug-likeness (QED) is 0.840. The molecule has 0 radical (unpaired) electrons. The Bertz CT molecular complexity index is 427. The van der Waals surface area contributed by atoms with Crippen molar-refractivity contribution < 1.29 is 9.53 Å². The fourth-order valence-corrected chi connectivity index (χ4v) is 2.40. The topological polar surface area (TPSA) is 29.5 Å². The minimum absolute atomic E-state index is 0.0519. The van der Waals surface area contributed by atoms with Crippen molar-refractivity contribution in [2.75, 3.05) is 20.3 Å².